The normalized spacial score (nSPS) is 12.1. The number of ether oxygens (including phenoxy) is 1. The summed E-state index contributed by atoms with van der Waals surface area (Å²) in [6.45, 7) is 3.34. The Labute approximate surface area is 138 Å². The SMILES string of the molecule is Cc1[nH]c2ccccc2c1C(=O)C(C)OC(=O)c1ccc(F)cc1. The van der Waals surface area contributed by atoms with E-state index in [2.05, 4.69) is 4.98 Å². The molecule has 1 N–H and O–H groups in total. The zero-order valence-corrected chi connectivity index (χ0v) is 13.3. The molecule has 0 saturated carbocycles. The van der Waals surface area contributed by atoms with Crippen molar-refractivity contribution in [1.29, 1.82) is 0 Å². The average Bonchev–Trinajstić information content (AvgIpc) is 2.90. The van der Waals surface area contributed by atoms with Gasteiger partial charge in [-0.25, -0.2) is 9.18 Å². The standard InChI is InChI=1S/C19H16FNO3/c1-11-17(15-5-3-4-6-16(15)21-11)18(22)12(2)24-19(23)13-7-9-14(20)10-8-13/h3-10,12,21H,1-2H3. The highest BCUT2D eigenvalue weighted by molar-refractivity contribution is 6.11. The van der Waals surface area contributed by atoms with Crippen LogP contribution >= 0.6 is 0 Å². The molecule has 0 saturated heterocycles. The molecule has 1 unspecified atom stereocenters. The van der Waals surface area contributed by atoms with Crippen molar-refractivity contribution < 1.29 is 18.7 Å². The average molecular weight is 325 g/mol. The van der Waals surface area contributed by atoms with Gasteiger partial charge in [-0.15, -0.1) is 0 Å². The zero-order valence-electron chi connectivity index (χ0n) is 13.3. The van der Waals surface area contributed by atoms with Crippen LogP contribution in [0.15, 0.2) is 48.5 Å². The van der Waals surface area contributed by atoms with Gasteiger partial charge in [-0.2, -0.15) is 0 Å². The maximum absolute atomic E-state index is 12.9. The number of rotatable bonds is 4. The topological polar surface area (TPSA) is 59.2 Å². The Kier molecular flexibility index (Phi) is 4.16. The maximum Gasteiger partial charge on any atom is 0.338 e. The van der Waals surface area contributed by atoms with E-state index >= 15 is 0 Å². The van der Waals surface area contributed by atoms with E-state index in [9.17, 15) is 14.0 Å². The van der Waals surface area contributed by atoms with Gasteiger partial charge >= 0.3 is 5.97 Å². The molecular formula is C19H16FNO3. The molecule has 1 atom stereocenters. The molecule has 1 heterocycles. The van der Waals surface area contributed by atoms with E-state index in [0.29, 0.717) is 5.56 Å². The molecular weight excluding hydrogens is 309 g/mol. The molecule has 0 aliphatic rings. The highest BCUT2D eigenvalue weighted by Gasteiger charge is 2.24. The number of aryl methyl sites for hydroxylation is 1. The number of hydrogen-bond acceptors (Lipinski definition) is 3. The van der Waals surface area contributed by atoms with Gasteiger partial charge in [0, 0.05) is 22.2 Å². The highest BCUT2D eigenvalue weighted by Crippen LogP contribution is 2.24. The molecule has 1 aromatic heterocycles. The van der Waals surface area contributed by atoms with Gasteiger partial charge in [-0.1, -0.05) is 18.2 Å². The van der Waals surface area contributed by atoms with Crippen LogP contribution in [0.1, 0.15) is 33.3 Å². The molecule has 122 valence electrons. The van der Waals surface area contributed by atoms with Crippen LogP contribution in [0, 0.1) is 12.7 Å². The molecule has 5 heteroatoms. The molecule has 0 aliphatic carbocycles. The van der Waals surface area contributed by atoms with Crippen LogP contribution in [0.5, 0.6) is 0 Å². The van der Waals surface area contributed by atoms with Crippen molar-refractivity contribution >= 4 is 22.7 Å². The number of nitrogens with one attached hydrogen (secondary N) is 1. The molecule has 3 aromatic rings. The third-order valence-electron chi connectivity index (χ3n) is 3.87. The van der Waals surface area contributed by atoms with Gasteiger partial charge in [0.2, 0.25) is 5.78 Å². The minimum atomic E-state index is -0.944. The molecule has 0 fully saturated rings. The highest BCUT2D eigenvalue weighted by atomic mass is 19.1. The Morgan fingerprint density at radius 2 is 1.75 bits per heavy atom. The Hall–Kier alpha value is -2.95. The van der Waals surface area contributed by atoms with Gasteiger partial charge in [0.05, 0.1) is 5.56 Å². The second-order valence-corrected chi connectivity index (χ2v) is 5.59. The molecule has 2 aromatic carbocycles. The number of para-hydroxylation sites is 1. The van der Waals surface area contributed by atoms with E-state index in [1.807, 2.05) is 31.2 Å². The summed E-state index contributed by atoms with van der Waals surface area (Å²) < 4.78 is 18.2. The maximum atomic E-state index is 12.9. The number of benzene rings is 2. The number of Topliss-reactive ketones (excluding diaryl/α,β-unsaturated/α-hetero) is 1. The first-order valence-electron chi connectivity index (χ1n) is 7.55. The van der Waals surface area contributed by atoms with Crippen molar-refractivity contribution in [3.63, 3.8) is 0 Å². The van der Waals surface area contributed by atoms with Gasteiger partial charge < -0.3 is 9.72 Å². The number of fused-ring (bicyclic) bond motifs is 1. The summed E-state index contributed by atoms with van der Waals surface area (Å²) in [5.74, 6) is -1.38. The second kappa shape index (κ2) is 6.28. The van der Waals surface area contributed by atoms with Gasteiger partial charge in [-0.05, 0) is 44.2 Å². The first-order chi connectivity index (χ1) is 11.5. The smallest absolute Gasteiger partial charge is 0.338 e. The third kappa shape index (κ3) is 2.93. The lowest BCUT2D eigenvalue weighted by Gasteiger charge is -2.12. The Balaban J connectivity index is 1.82. The Morgan fingerprint density at radius 1 is 1.08 bits per heavy atom. The van der Waals surface area contributed by atoms with E-state index < -0.39 is 17.9 Å². The Bertz CT molecular complexity index is 912. The van der Waals surface area contributed by atoms with Crippen LogP contribution in [-0.2, 0) is 4.74 Å². The lowest BCUT2D eigenvalue weighted by atomic mass is 10.0. The number of carbonyl (C=O) groups is 2. The molecule has 0 aliphatic heterocycles. The van der Waals surface area contributed by atoms with E-state index in [0.717, 1.165) is 16.6 Å². The number of esters is 1. The van der Waals surface area contributed by atoms with Gasteiger partial charge in [0.15, 0.2) is 6.10 Å². The first-order valence-corrected chi connectivity index (χ1v) is 7.55. The summed E-state index contributed by atoms with van der Waals surface area (Å²) in [6, 6.07) is 12.5. The van der Waals surface area contributed by atoms with Crippen LogP contribution in [0.25, 0.3) is 10.9 Å². The Morgan fingerprint density at radius 3 is 2.46 bits per heavy atom. The summed E-state index contributed by atoms with van der Waals surface area (Å²) in [5, 5.41) is 0.796. The number of H-pyrrole nitrogens is 1. The summed E-state index contributed by atoms with van der Waals surface area (Å²) in [5.41, 5.74) is 2.30. The van der Waals surface area contributed by atoms with Gasteiger partial charge in [0.25, 0.3) is 0 Å². The number of carbonyl (C=O) groups excluding carboxylic acids is 2. The van der Waals surface area contributed by atoms with E-state index in [1.165, 1.54) is 31.2 Å². The van der Waals surface area contributed by atoms with Crippen LogP contribution in [0.2, 0.25) is 0 Å². The fourth-order valence-corrected chi connectivity index (χ4v) is 2.67. The van der Waals surface area contributed by atoms with Crippen LogP contribution in [0.4, 0.5) is 4.39 Å². The van der Waals surface area contributed by atoms with Crippen molar-refractivity contribution in [2.24, 2.45) is 0 Å². The predicted octanol–water partition coefficient (Wildman–Crippen LogP) is 4.04. The van der Waals surface area contributed by atoms with Crippen LogP contribution in [-0.4, -0.2) is 22.8 Å². The molecule has 0 bridgehead atoms. The summed E-state index contributed by atoms with van der Waals surface area (Å²) in [7, 11) is 0. The van der Waals surface area contributed by atoms with Crippen molar-refractivity contribution in [1.82, 2.24) is 4.98 Å². The van der Waals surface area contributed by atoms with Gasteiger partial charge in [-0.3, -0.25) is 4.79 Å². The number of ketones is 1. The minimum absolute atomic E-state index is 0.201. The summed E-state index contributed by atoms with van der Waals surface area (Å²) in [4.78, 5) is 27.9. The molecule has 3 rings (SSSR count). The number of halogens is 1. The van der Waals surface area contributed by atoms with Crippen molar-refractivity contribution in [3.05, 3.63) is 71.2 Å². The summed E-state index contributed by atoms with van der Waals surface area (Å²) >= 11 is 0. The predicted molar refractivity (Wildman–Crippen MR) is 88.6 cm³/mol. The lowest BCUT2D eigenvalue weighted by Crippen LogP contribution is -2.24. The summed E-state index contributed by atoms with van der Waals surface area (Å²) in [6.07, 6.45) is -0.944. The fourth-order valence-electron chi connectivity index (χ4n) is 2.67. The minimum Gasteiger partial charge on any atom is -0.451 e. The molecule has 0 spiro atoms. The first kappa shape index (κ1) is 15.9. The third-order valence-corrected chi connectivity index (χ3v) is 3.87. The number of aromatic nitrogens is 1. The zero-order chi connectivity index (χ0) is 17.3. The molecule has 0 radical (unpaired) electrons. The molecule has 0 amide bonds. The lowest BCUT2D eigenvalue weighted by molar-refractivity contribution is 0.0319. The number of hydrogen-bond donors (Lipinski definition) is 1. The quantitative estimate of drug-likeness (QED) is 0.582. The van der Waals surface area contributed by atoms with E-state index in [4.69, 9.17) is 4.74 Å². The van der Waals surface area contributed by atoms with Gasteiger partial charge in [0.1, 0.15) is 5.82 Å². The van der Waals surface area contributed by atoms with Crippen molar-refractivity contribution in [2.45, 2.75) is 20.0 Å². The molecule has 24 heavy (non-hydrogen) atoms. The fraction of sp³-hybridized carbons (Fsp3) is 0.158. The second-order valence-electron chi connectivity index (χ2n) is 5.59. The monoisotopic (exact) mass is 325 g/mol. The van der Waals surface area contributed by atoms with E-state index in [-0.39, 0.29) is 11.3 Å². The largest absolute Gasteiger partial charge is 0.451 e. The van der Waals surface area contributed by atoms with Crippen molar-refractivity contribution in [2.75, 3.05) is 0 Å². The van der Waals surface area contributed by atoms with Crippen LogP contribution in [0.3, 0.4) is 0 Å². The van der Waals surface area contributed by atoms with Crippen LogP contribution < -0.4 is 0 Å². The van der Waals surface area contributed by atoms with E-state index in [1.54, 1.807) is 0 Å². The number of aromatic amines is 1. The molecule has 4 nitrogen and oxygen atoms in total. The van der Waals surface area contributed by atoms with Crippen molar-refractivity contribution in [3.8, 4) is 0 Å².